The number of alkyl halides is 3. The Kier molecular flexibility index (Phi) is 7.54. The zero-order chi connectivity index (χ0) is 23.1. The highest BCUT2D eigenvalue weighted by molar-refractivity contribution is 5.74. The van der Waals surface area contributed by atoms with Crippen molar-refractivity contribution in [1.29, 1.82) is 0 Å². The van der Waals surface area contributed by atoms with Gasteiger partial charge in [-0.2, -0.15) is 13.2 Å². The first-order valence-corrected chi connectivity index (χ1v) is 10.1. The molecule has 1 fully saturated rings. The molecule has 4 heterocycles. The Hall–Kier alpha value is -3.31. The van der Waals surface area contributed by atoms with Gasteiger partial charge in [-0.05, 0) is 25.0 Å². The van der Waals surface area contributed by atoms with Gasteiger partial charge in [-0.1, -0.05) is 0 Å². The van der Waals surface area contributed by atoms with Gasteiger partial charge in [0.05, 0.1) is 19.3 Å². The minimum absolute atomic E-state index is 0.125. The third-order valence-corrected chi connectivity index (χ3v) is 5.08. The van der Waals surface area contributed by atoms with Crippen LogP contribution in [0.15, 0.2) is 36.9 Å². The van der Waals surface area contributed by atoms with Gasteiger partial charge in [0.1, 0.15) is 11.6 Å². The van der Waals surface area contributed by atoms with E-state index >= 15 is 0 Å². The first kappa shape index (κ1) is 23.4. The van der Waals surface area contributed by atoms with Crippen molar-refractivity contribution in [1.82, 2.24) is 24.3 Å². The summed E-state index contributed by atoms with van der Waals surface area (Å²) >= 11 is 0. The first-order valence-electron chi connectivity index (χ1n) is 10.1. The normalized spacial score (nSPS) is 18.3. The van der Waals surface area contributed by atoms with Crippen LogP contribution < -0.4 is 4.74 Å². The molecule has 0 spiro atoms. The van der Waals surface area contributed by atoms with E-state index in [0.29, 0.717) is 19.7 Å². The number of rotatable bonds is 3. The smallest absolute Gasteiger partial charge is 0.490 e. The predicted molar refractivity (Wildman–Crippen MR) is 106 cm³/mol. The van der Waals surface area contributed by atoms with Gasteiger partial charge in [0.15, 0.2) is 0 Å². The number of carboxylic acids is 1. The molecule has 0 radical (unpaired) electrons. The summed E-state index contributed by atoms with van der Waals surface area (Å²) in [6, 6.07) is 3.89. The van der Waals surface area contributed by atoms with Gasteiger partial charge in [-0.15, -0.1) is 0 Å². The van der Waals surface area contributed by atoms with Gasteiger partial charge in [-0.25, -0.2) is 14.6 Å². The SMILES string of the molecule is O=C(N1CCCC1)N1Cc2nccn2CC(COc2cccnc2)C1.O=C(O)C(F)(F)F. The number of halogens is 3. The van der Waals surface area contributed by atoms with Crippen LogP contribution in [0.1, 0.15) is 18.7 Å². The maximum Gasteiger partial charge on any atom is 0.490 e. The highest BCUT2D eigenvalue weighted by Gasteiger charge is 2.38. The third-order valence-electron chi connectivity index (χ3n) is 5.08. The Morgan fingerprint density at radius 2 is 1.88 bits per heavy atom. The molecule has 2 aromatic rings. The van der Waals surface area contributed by atoms with E-state index in [-0.39, 0.29) is 11.9 Å². The standard InChI is InChI=1S/C18H23N5O2.C2HF3O2/c24-18(21-7-1-2-8-21)23-12-15(11-22-9-6-20-17(22)13-23)14-25-16-4-3-5-19-10-16;3-2(4,5)1(6)7/h3-6,9-10,15H,1-2,7-8,11-14H2;(H,6,7). The van der Waals surface area contributed by atoms with Crippen LogP contribution in [0.3, 0.4) is 0 Å². The molecule has 174 valence electrons. The molecule has 2 amide bonds. The molecule has 1 saturated heterocycles. The van der Waals surface area contributed by atoms with E-state index in [4.69, 9.17) is 14.6 Å². The van der Waals surface area contributed by atoms with E-state index in [9.17, 15) is 18.0 Å². The third kappa shape index (κ3) is 6.34. The second-order valence-corrected chi connectivity index (χ2v) is 7.52. The van der Waals surface area contributed by atoms with Gasteiger partial charge in [0.25, 0.3) is 0 Å². The highest BCUT2D eigenvalue weighted by Crippen LogP contribution is 2.20. The number of nitrogens with zero attached hydrogens (tertiary/aromatic N) is 5. The molecule has 9 nitrogen and oxygen atoms in total. The van der Waals surface area contributed by atoms with Crippen molar-refractivity contribution in [2.45, 2.75) is 32.1 Å². The van der Waals surface area contributed by atoms with Crippen LogP contribution in [-0.4, -0.2) is 73.9 Å². The number of amides is 2. The molecule has 12 heteroatoms. The molecule has 1 atom stereocenters. The Balaban J connectivity index is 0.000000360. The number of aromatic nitrogens is 3. The maximum atomic E-state index is 12.9. The molecular formula is C20H24F3N5O4. The van der Waals surface area contributed by atoms with Crippen molar-refractivity contribution in [3.8, 4) is 5.75 Å². The zero-order valence-corrected chi connectivity index (χ0v) is 17.2. The number of likely N-dealkylation sites (tertiary alicyclic amines) is 1. The fourth-order valence-electron chi connectivity index (χ4n) is 3.55. The minimum atomic E-state index is -5.08. The minimum Gasteiger partial charge on any atom is -0.492 e. The monoisotopic (exact) mass is 455 g/mol. The van der Waals surface area contributed by atoms with Crippen molar-refractivity contribution < 1.29 is 32.6 Å². The van der Waals surface area contributed by atoms with Crippen LogP contribution in [0.5, 0.6) is 5.75 Å². The van der Waals surface area contributed by atoms with Gasteiger partial charge >= 0.3 is 18.2 Å². The molecule has 1 unspecified atom stereocenters. The topological polar surface area (TPSA) is 101 Å². The lowest BCUT2D eigenvalue weighted by atomic mass is 10.1. The van der Waals surface area contributed by atoms with E-state index < -0.39 is 12.1 Å². The van der Waals surface area contributed by atoms with E-state index in [1.54, 1.807) is 18.6 Å². The fraction of sp³-hybridized carbons (Fsp3) is 0.500. The van der Waals surface area contributed by atoms with Crippen LogP contribution in [-0.2, 0) is 17.9 Å². The number of carbonyl (C=O) groups excluding carboxylic acids is 1. The molecule has 0 aromatic carbocycles. The number of fused-ring (bicyclic) bond motifs is 1. The van der Waals surface area contributed by atoms with Crippen LogP contribution in [0.2, 0.25) is 0 Å². The average molecular weight is 455 g/mol. The number of hydrogen-bond donors (Lipinski definition) is 1. The summed E-state index contributed by atoms with van der Waals surface area (Å²) in [5.41, 5.74) is 0. The van der Waals surface area contributed by atoms with Crippen molar-refractivity contribution >= 4 is 12.0 Å². The maximum absolute atomic E-state index is 12.9. The quantitative estimate of drug-likeness (QED) is 0.764. The summed E-state index contributed by atoms with van der Waals surface area (Å²) in [6.07, 6.45) is 4.34. The van der Waals surface area contributed by atoms with Crippen LogP contribution in [0.25, 0.3) is 0 Å². The second-order valence-electron chi connectivity index (χ2n) is 7.52. The van der Waals surface area contributed by atoms with Gasteiger partial charge in [0.2, 0.25) is 0 Å². The second kappa shape index (κ2) is 10.3. The predicted octanol–water partition coefficient (Wildman–Crippen LogP) is 2.64. The molecule has 2 aliphatic heterocycles. The van der Waals surface area contributed by atoms with Gasteiger partial charge < -0.3 is 24.2 Å². The first-order chi connectivity index (χ1) is 15.2. The van der Waals surface area contributed by atoms with Gasteiger partial charge in [0, 0.05) is 50.7 Å². The lowest BCUT2D eigenvalue weighted by Gasteiger charge is -2.28. The number of pyridine rings is 1. The number of hydrogen-bond acceptors (Lipinski definition) is 5. The molecule has 0 aliphatic carbocycles. The van der Waals surface area contributed by atoms with Crippen molar-refractivity contribution in [3.63, 3.8) is 0 Å². The summed E-state index contributed by atoms with van der Waals surface area (Å²) in [7, 11) is 0. The summed E-state index contributed by atoms with van der Waals surface area (Å²) in [5, 5.41) is 7.12. The summed E-state index contributed by atoms with van der Waals surface area (Å²) in [6.45, 7) is 4.32. The lowest BCUT2D eigenvalue weighted by Crippen LogP contribution is -2.43. The van der Waals surface area contributed by atoms with Crippen molar-refractivity contribution in [2.24, 2.45) is 5.92 Å². The largest absolute Gasteiger partial charge is 0.492 e. The molecule has 0 saturated carbocycles. The van der Waals surface area contributed by atoms with E-state index in [0.717, 1.165) is 44.0 Å². The van der Waals surface area contributed by atoms with E-state index in [1.807, 2.05) is 28.1 Å². The van der Waals surface area contributed by atoms with E-state index in [1.165, 1.54) is 0 Å². The summed E-state index contributed by atoms with van der Waals surface area (Å²) in [5.74, 6) is -0.846. The van der Waals surface area contributed by atoms with Crippen molar-refractivity contribution in [3.05, 3.63) is 42.7 Å². The van der Waals surface area contributed by atoms with Crippen LogP contribution >= 0.6 is 0 Å². The average Bonchev–Trinajstić information content (AvgIpc) is 3.41. The zero-order valence-electron chi connectivity index (χ0n) is 17.2. The summed E-state index contributed by atoms with van der Waals surface area (Å²) in [4.78, 5) is 34.2. The van der Waals surface area contributed by atoms with Crippen LogP contribution in [0.4, 0.5) is 18.0 Å². The number of imidazole rings is 1. The molecule has 2 aromatic heterocycles. The molecule has 1 N–H and O–H groups in total. The number of urea groups is 1. The number of carboxylic acid groups (broad SMARTS) is 1. The Morgan fingerprint density at radius 3 is 2.50 bits per heavy atom. The van der Waals surface area contributed by atoms with E-state index in [2.05, 4.69) is 14.5 Å². The molecular weight excluding hydrogens is 431 g/mol. The molecule has 32 heavy (non-hydrogen) atoms. The number of carbonyl (C=O) groups is 2. The Morgan fingerprint density at radius 1 is 1.16 bits per heavy atom. The van der Waals surface area contributed by atoms with Gasteiger partial charge in [-0.3, -0.25) is 4.98 Å². The molecule has 0 bridgehead atoms. The van der Waals surface area contributed by atoms with Crippen LogP contribution in [0, 0.1) is 5.92 Å². The lowest BCUT2D eigenvalue weighted by molar-refractivity contribution is -0.192. The number of aliphatic carboxylic acids is 1. The Labute approximate surface area is 182 Å². The van der Waals surface area contributed by atoms with Crippen molar-refractivity contribution in [2.75, 3.05) is 26.2 Å². The molecule has 4 rings (SSSR count). The molecule has 2 aliphatic rings. The fourth-order valence-corrected chi connectivity index (χ4v) is 3.55. The summed E-state index contributed by atoms with van der Waals surface area (Å²) < 4.78 is 39.8. The number of ether oxygens (including phenoxy) is 1. The Bertz CT molecular complexity index is 900. The highest BCUT2D eigenvalue weighted by atomic mass is 19.4.